The first-order valence-corrected chi connectivity index (χ1v) is 6.22. The number of nitriles is 1. The minimum absolute atomic E-state index is 0.392. The van der Waals surface area contributed by atoms with Gasteiger partial charge >= 0.3 is 5.97 Å². The van der Waals surface area contributed by atoms with Gasteiger partial charge in [-0.2, -0.15) is 5.26 Å². The first-order valence-electron chi connectivity index (χ1n) is 6.22. The van der Waals surface area contributed by atoms with E-state index in [4.69, 9.17) is 10.00 Å². The third-order valence-corrected chi connectivity index (χ3v) is 2.94. The van der Waals surface area contributed by atoms with Crippen molar-refractivity contribution in [2.75, 3.05) is 19.5 Å². The molecule has 0 aliphatic carbocycles. The van der Waals surface area contributed by atoms with Gasteiger partial charge in [-0.3, -0.25) is 0 Å². The van der Waals surface area contributed by atoms with Gasteiger partial charge < -0.3 is 14.8 Å². The molecule has 106 valence electrons. The van der Waals surface area contributed by atoms with Gasteiger partial charge in [0.25, 0.3) is 0 Å². The Morgan fingerprint density at radius 2 is 1.86 bits per heavy atom. The number of hydrogen-bond donors (Lipinski definition) is 1. The van der Waals surface area contributed by atoms with Gasteiger partial charge in [0.15, 0.2) is 0 Å². The van der Waals surface area contributed by atoms with Crippen molar-refractivity contribution >= 4 is 17.3 Å². The fourth-order valence-corrected chi connectivity index (χ4v) is 1.88. The quantitative estimate of drug-likeness (QED) is 0.872. The second-order valence-corrected chi connectivity index (χ2v) is 4.19. The lowest BCUT2D eigenvalue weighted by atomic mass is 10.1. The van der Waals surface area contributed by atoms with Crippen LogP contribution in [0.1, 0.15) is 15.9 Å². The molecule has 0 radical (unpaired) electrons. The fraction of sp³-hybridized carbons (Fsp3) is 0.125. The van der Waals surface area contributed by atoms with E-state index in [2.05, 4.69) is 16.1 Å². The number of nitrogens with zero attached hydrogens (tertiary/aromatic N) is 1. The average molecular weight is 282 g/mol. The van der Waals surface area contributed by atoms with Crippen LogP contribution in [0.25, 0.3) is 0 Å². The maximum atomic E-state index is 11.4. The van der Waals surface area contributed by atoms with Gasteiger partial charge in [0.1, 0.15) is 11.8 Å². The molecular formula is C16H14N2O3. The van der Waals surface area contributed by atoms with E-state index in [-0.39, 0.29) is 0 Å². The van der Waals surface area contributed by atoms with E-state index in [1.165, 1.54) is 7.11 Å². The van der Waals surface area contributed by atoms with E-state index in [0.717, 1.165) is 5.69 Å². The highest BCUT2D eigenvalue weighted by atomic mass is 16.5. The van der Waals surface area contributed by atoms with Crippen molar-refractivity contribution in [2.45, 2.75) is 0 Å². The Balaban J connectivity index is 2.30. The molecule has 0 saturated heterocycles. The van der Waals surface area contributed by atoms with Crippen LogP contribution in [0, 0.1) is 11.3 Å². The number of benzene rings is 2. The molecule has 21 heavy (non-hydrogen) atoms. The predicted molar refractivity (Wildman–Crippen MR) is 78.8 cm³/mol. The molecule has 0 unspecified atom stereocenters. The van der Waals surface area contributed by atoms with E-state index < -0.39 is 5.97 Å². The van der Waals surface area contributed by atoms with Crippen LogP contribution >= 0.6 is 0 Å². The second-order valence-electron chi connectivity index (χ2n) is 4.19. The zero-order valence-electron chi connectivity index (χ0n) is 11.7. The topological polar surface area (TPSA) is 71.3 Å². The molecule has 0 aromatic heterocycles. The number of methoxy groups -OCH3 is 2. The van der Waals surface area contributed by atoms with Crippen molar-refractivity contribution in [1.29, 1.82) is 5.26 Å². The number of para-hydroxylation sites is 1. The summed E-state index contributed by atoms with van der Waals surface area (Å²) in [5, 5.41) is 12.3. The summed E-state index contributed by atoms with van der Waals surface area (Å²) in [6.45, 7) is 0. The van der Waals surface area contributed by atoms with Crippen LogP contribution in [0.4, 0.5) is 11.4 Å². The molecule has 5 heteroatoms. The van der Waals surface area contributed by atoms with Gasteiger partial charge in [-0.1, -0.05) is 6.07 Å². The number of nitrogens with one attached hydrogen (secondary N) is 1. The molecule has 0 spiro atoms. The van der Waals surface area contributed by atoms with Crippen LogP contribution in [0.3, 0.4) is 0 Å². The molecule has 0 atom stereocenters. The van der Waals surface area contributed by atoms with Crippen molar-refractivity contribution in [2.24, 2.45) is 0 Å². The first kappa shape index (κ1) is 14.4. The summed E-state index contributed by atoms with van der Waals surface area (Å²) in [7, 11) is 2.88. The van der Waals surface area contributed by atoms with Crippen LogP contribution < -0.4 is 10.1 Å². The Kier molecular flexibility index (Phi) is 4.42. The monoisotopic (exact) mass is 282 g/mol. The standard InChI is InChI=1S/C16H14N2O3/c1-20-14-5-3-4-12(10-17)15(14)18-13-8-6-11(7-9-13)16(19)21-2/h3-9,18H,1-2H3. The van der Waals surface area contributed by atoms with Crippen molar-refractivity contribution < 1.29 is 14.3 Å². The zero-order valence-corrected chi connectivity index (χ0v) is 11.7. The molecule has 0 fully saturated rings. The molecule has 0 heterocycles. The molecule has 2 rings (SSSR count). The van der Waals surface area contributed by atoms with Crippen molar-refractivity contribution in [3.05, 3.63) is 53.6 Å². The molecule has 0 aliphatic heterocycles. The van der Waals surface area contributed by atoms with E-state index >= 15 is 0 Å². The van der Waals surface area contributed by atoms with Crippen LogP contribution in [0.15, 0.2) is 42.5 Å². The lowest BCUT2D eigenvalue weighted by Gasteiger charge is -2.12. The molecule has 2 aromatic rings. The maximum absolute atomic E-state index is 11.4. The lowest BCUT2D eigenvalue weighted by Crippen LogP contribution is -2.01. The van der Waals surface area contributed by atoms with Gasteiger partial charge in [-0.15, -0.1) is 0 Å². The van der Waals surface area contributed by atoms with E-state index in [1.807, 2.05) is 0 Å². The Hall–Kier alpha value is -3.00. The molecular weight excluding hydrogens is 268 g/mol. The second kappa shape index (κ2) is 6.44. The number of esters is 1. The van der Waals surface area contributed by atoms with Gasteiger partial charge in [0.2, 0.25) is 0 Å². The Morgan fingerprint density at radius 3 is 2.43 bits per heavy atom. The third-order valence-electron chi connectivity index (χ3n) is 2.94. The normalized spacial score (nSPS) is 9.57. The number of hydrogen-bond acceptors (Lipinski definition) is 5. The van der Waals surface area contributed by atoms with Crippen LogP contribution in [0.5, 0.6) is 5.75 Å². The molecule has 0 aliphatic rings. The predicted octanol–water partition coefficient (Wildman–Crippen LogP) is 3.10. The summed E-state index contributed by atoms with van der Waals surface area (Å²) in [5.41, 5.74) is 2.27. The Morgan fingerprint density at radius 1 is 1.14 bits per heavy atom. The van der Waals surface area contributed by atoms with Gasteiger partial charge in [-0.05, 0) is 36.4 Å². The van der Waals surface area contributed by atoms with Crippen molar-refractivity contribution in [1.82, 2.24) is 0 Å². The summed E-state index contributed by atoms with van der Waals surface area (Å²) < 4.78 is 9.90. The van der Waals surface area contributed by atoms with E-state index in [0.29, 0.717) is 22.6 Å². The summed E-state index contributed by atoms with van der Waals surface area (Å²) >= 11 is 0. The fourth-order valence-electron chi connectivity index (χ4n) is 1.88. The van der Waals surface area contributed by atoms with Gasteiger partial charge in [-0.25, -0.2) is 4.79 Å². The minimum atomic E-state index is -0.392. The van der Waals surface area contributed by atoms with Crippen LogP contribution in [-0.2, 0) is 4.74 Å². The van der Waals surface area contributed by atoms with Gasteiger partial charge in [0, 0.05) is 5.69 Å². The smallest absolute Gasteiger partial charge is 0.337 e. The highest BCUT2D eigenvalue weighted by Gasteiger charge is 2.10. The van der Waals surface area contributed by atoms with Crippen LogP contribution in [-0.4, -0.2) is 20.2 Å². The number of anilines is 2. The lowest BCUT2D eigenvalue weighted by molar-refractivity contribution is 0.0601. The van der Waals surface area contributed by atoms with Crippen molar-refractivity contribution in [3.8, 4) is 11.8 Å². The highest BCUT2D eigenvalue weighted by molar-refractivity contribution is 5.90. The molecule has 0 bridgehead atoms. The summed E-state index contributed by atoms with van der Waals surface area (Å²) in [6, 6.07) is 14.1. The zero-order chi connectivity index (χ0) is 15.2. The average Bonchev–Trinajstić information content (AvgIpc) is 2.55. The van der Waals surface area contributed by atoms with E-state index in [9.17, 15) is 4.79 Å². The highest BCUT2D eigenvalue weighted by Crippen LogP contribution is 2.30. The van der Waals surface area contributed by atoms with Crippen LogP contribution in [0.2, 0.25) is 0 Å². The molecule has 0 amide bonds. The molecule has 0 saturated carbocycles. The largest absolute Gasteiger partial charge is 0.495 e. The third kappa shape index (κ3) is 3.12. The number of carbonyl (C=O) groups is 1. The maximum Gasteiger partial charge on any atom is 0.337 e. The van der Waals surface area contributed by atoms with Crippen molar-refractivity contribution in [3.63, 3.8) is 0 Å². The van der Waals surface area contributed by atoms with Gasteiger partial charge in [0.05, 0.1) is 31.0 Å². The summed E-state index contributed by atoms with van der Waals surface area (Å²) in [5.74, 6) is 0.183. The minimum Gasteiger partial charge on any atom is -0.495 e. The molecule has 2 aromatic carbocycles. The summed E-state index contributed by atoms with van der Waals surface area (Å²) in [4.78, 5) is 11.4. The first-order chi connectivity index (χ1) is 10.2. The molecule has 5 nitrogen and oxygen atoms in total. The Labute approximate surface area is 122 Å². The number of rotatable bonds is 4. The SMILES string of the molecule is COC(=O)c1ccc(Nc2c(C#N)cccc2OC)cc1. The number of ether oxygens (including phenoxy) is 2. The van der Waals surface area contributed by atoms with E-state index in [1.54, 1.807) is 49.6 Å². The summed E-state index contributed by atoms with van der Waals surface area (Å²) in [6.07, 6.45) is 0. The Bertz CT molecular complexity index is 688. The number of carbonyl (C=O) groups excluding carboxylic acids is 1. The molecule has 1 N–H and O–H groups in total.